The molecule has 1 aromatic carbocycles. The van der Waals surface area contributed by atoms with Crippen molar-refractivity contribution in [3.8, 4) is 5.75 Å². The van der Waals surface area contributed by atoms with Crippen LogP contribution in [0.5, 0.6) is 5.75 Å². The maximum Gasteiger partial charge on any atom is 0.252 e. The molecule has 2 aromatic rings. The van der Waals surface area contributed by atoms with Crippen LogP contribution >= 0.6 is 0 Å². The first-order valence-electron chi connectivity index (χ1n) is 5.73. The van der Waals surface area contributed by atoms with Gasteiger partial charge in [0.2, 0.25) is 0 Å². The third kappa shape index (κ3) is 3.11. The minimum atomic E-state index is -3.65. The van der Waals surface area contributed by atoms with Crippen LogP contribution < -0.4 is 16.2 Å². The van der Waals surface area contributed by atoms with E-state index in [1.54, 1.807) is 24.3 Å². The molecule has 0 aliphatic carbocycles. The van der Waals surface area contributed by atoms with Gasteiger partial charge in [0.05, 0.1) is 19.1 Å². The van der Waals surface area contributed by atoms with Gasteiger partial charge in [-0.05, 0) is 12.1 Å². The molecule has 112 valence electrons. The molecule has 21 heavy (non-hydrogen) atoms. The highest BCUT2D eigenvalue weighted by Gasteiger charge is 2.19. The van der Waals surface area contributed by atoms with Crippen LogP contribution in [-0.2, 0) is 10.0 Å². The van der Waals surface area contributed by atoms with Gasteiger partial charge < -0.3 is 16.2 Å². The van der Waals surface area contributed by atoms with E-state index < -0.39 is 10.0 Å². The fourth-order valence-electron chi connectivity index (χ4n) is 1.56. The minimum absolute atomic E-state index is 0.00300. The number of nitrogens with two attached hydrogens (primary N) is 2. The van der Waals surface area contributed by atoms with E-state index in [9.17, 15) is 8.42 Å². The summed E-state index contributed by atoms with van der Waals surface area (Å²) >= 11 is 0. The van der Waals surface area contributed by atoms with Gasteiger partial charge in [-0.15, -0.1) is 14.3 Å². The van der Waals surface area contributed by atoms with Crippen LogP contribution in [0, 0.1) is 0 Å². The molecule has 0 saturated carbocycles. The molecular formula is C11H14N6O3S. The molecule has 0 bridgehead atoms. The third-order valence-corrected chi connectivity index (χ3v) is 3.43. The number of aromatic nitrogens is 2. The van der Waals surface area contributed by atoms with Gasteiger partial charge >= 0.3 is 0 Å². The summed E-state index contributed by atoms with van der Waals surface area (Å²) in [7, 11) is -2.12. The summed E-state index contributed by atoms with van der Waals surface area (Å²) in [5.41, 5.74) is 11.8. The molecule has 0 amide bonds. The summed E-state index contributed by atoms with van der Waals surface area (Å²) in [4.78, 5) is 0. The molecule has 9 nitrogen and oxygen atoms in total. The van der Waals surface area contributed by atoms with E-state index in [1.807, 2.05) is 0 Å². The van der Waals surface area contributed by atoms with Crippen LogP contribution in [0.25, 0.3) is 0 Å². The zero-order valence-corrected chi connectivity index (χ0v) is 12.2. The molecule has 0 aliphatic rings. The van der Waals surface area contributed by atoms with E-state index in [0.29, 0.717) is 15.5 Å². The fourth-order valence-corrected chi connectivity index (χ4v) is 2.24. The van der Waals surface area contributed by atoms with E-state index in [1.165, 1.54) is 7.11 Å². The molecule has 0 radical (unpaired) electrons. The molecule has 0 aliphatic heterocycles. The maximum atomic E-state index is 11.5. The van der Waals surface area contributed by atoms with Crippen LogP contribution in [0.15, 0.2) is 34.5 Å². The predicted molar refractivity (Wildman–Crippen MR) is 78.5 cm³/mol. The number of methoxy groups -OCH3 is 1. The van der Waals surface area contributed by atoms with Crippen LogP contribution in [-0.4, -0.2) is 31.0 Å². The number of azo groups is 1. The monoisotopic (exact) mass is 310 g/mol. The number of nitrogen functional groups attached to an aromatic ring is 2. The molecule has 10 heteroatoms. The molecule has 0 fully saturated rings. The molecule has 0 atom stereocenters. The summed E-state index contributed by atoms with van der Waals surface area (Å²) in [6.07, 6.45) is 0.957. The van der Waals surface area contributed by atoms with Crippen molar-refractivity contribution in [2.24, 2.45) is 10.2 Å². The van der Waals surface area contributed by atoms with E-state index in [-0.39, 0.29) is 17.3 Å². The summed E-state index contributed by atoms with van der Waals surface area (Å²) < 4.78 is 28.6. The van der Waals surface area contributed by atoms with Crippen molar-refractivity contribution in [1.29, 1.82) is 0 Å². The Hall–Kier alpha value is -2.62. The SMILES string of the molecule is COc1cccc(N=Nc2c(N)nn(S(C)(=O)=O)c2N)c1. The Morgan fingerprint density at radius 2 is 2.00 bits per heavy atom. The largest absolute Gasteiger partial charge is 0.497 e. The van der Waals surface area contributed by atoms with E-state index in [2.05, 4.69) is 15.3 Å². The van der Waals surface area contributed by atoms with Crippen molar-refractivity contribution in [3.05, 3.63) is 24.3 Å². The molecule has 0 spiro atoms. The Balaban J connectivity index is 2.40. The van der Waals surface area contributed by atoms with Crippen molar-refractivity contribution < 1.29 is 13.2 Å². The van der Waals surface area contributed by atoms with E-state index in [4.69, 9.17) is 16.2 Å². The van der Waals surface area contributed by atoms with E-state index in [0.717, 1.165) is 6.26 Å². The van der Waals surface area contributed by atoms with Crippen LogP contribution in [0.4, 0.5) is 23.0 Å². The van der Waals surface area contributed by atoms with Crippen molar-refractivity contribution in [3.63, 3.8) is 0 Å². The van der Waals surface area contributed by atoms with Gasteiger partial charge in [-0.1, -0.05) is 6.07 Å². The standard InChI is InChI=1S/C11H14N6O3S/c1-20-8-5-3-4-7(6-8)14-15-9-10(12)16-17(11(9)13)21(2,18)19/h3-6H,13H2,1-2H3,(H2,12,16). The molecule has 2 rings (SSSR count). The van der Waals surface area contributed by atoms with Crippen LogP contribution in [0.2, 0.25) is 0 Å². The zero-order valence-electron chi connectivity index (χ0n) is 11.4. The second kappa shape index (κ2) is 5.40. The number of hydrogen-bond donors (Lipinski definition) is 2. The lowest BCUT2D eigenvalue weighted by Crippen LogP contribution is -2.14. The fraction of sp³-hybridized carbons (Fsp3) is 0.182. The number of hydrogen-bond acceptors (Lipinski definition) is 8. The van der Waals surface area contributed by atoms with Crippen molar-refractivity contribution in [1.82, 2.24) is 9.19 Å². The number of rotatable bonds is 4. The summed E-state index contributed by atoms with van der Waals surface area (Å²) in [5.74, 6) is 0.297. The Kier molecular flexibility index (Phi) is 3.80. The molecule has 1 heterocycles. The van der Waals surface area contributed by atoms with Crippen LogP contribution in [0.1, 0.15) is 0 Å². The Labute approximate surface area is 121 Å². The maximum absolute atomic E-state index is 11.5. The molecular weight excluding hydrogens is 296 g/mol. The third-order valence-electron chi connectivity index (χ3n) is 2.52. The van der Waals surface area contributed by atoms with Crippen molar-refractivity contribution >= 4 is 33.0 Å². The number of ether oxygens (including phenoxy) is 1. The van der Waals surface area contributed by atoms with Crippen molar-refractivity contribution in [2.45, 2.75) is 0 Å². The van der Waals surface area contributed by atoms with Gasteiger partial charge in [-0.2, -0.15) is 5.11 Å². The molecule has 4 N–H and O–H groups in total. The van der Waals surface area contributed by atoms with Gasteiger partial charge in [-0.3, -0.25) is 0 Å². The zero-order chi connectivity index (χ0) is 15.6. The first kappa shape index (κ1) is 14.8. The number of anilines is 2. The lowest BCUT2D eigenvalue weighted by Gasteiger charge is -1.99. The smallest absolute Gasteiger partial charge is 0.252 e. The van der Waals surface area contributed by atoms with Gasteiger partial charge in [0.15, 0.2) is 17.3 Å². The number of benzene rings is 1. The lowest BCUT2D eigenvalue weighted by atomic mass is 10.3. The summed E-state index contributed by atoms with van der Waals surface area (Å²) in [6.45, 7) is 0. The van der Waals surface area contributed by atoms with Gasteiger partial charge in [-0.25, -0.2) is 8.42 Å². The van der Waals surface area contributed by atoms with Gasteiger partial charge in [0.25, 0.3) is 10.0 Å². The summed E-state index contributed by atoms with van der Waals surface area (Å²) in [5, 5.41) is 11.4. The van der Waals surface area contributed by atoms with Crippen LogP contribution in [0.3, 0.4) is 0 Å². The molecule has 1 aromatic heterocycles. The average Bonchev–Trinajstić information content (AvgIpc) is 2.72. The van der Waals surface area contributed by atoms with Crippen molar-refractivity contribution in [2.75, 3.05) is 24.8 Å². The predicted octanol–water partition coefficient (Wildman–Crippen LogP) is 1.28. The normalized spacial score (nSPS) is 11.9. The highest BCUT2D eigenvalue weighted by atomic mass is 32.2. The Bertz CT molecular complexity index is 796. The topological polar surface area (TPSA) is 138 Å². The quantitative estimate of drug-likeness (QED) is 0.816. The highest BCUT2D eigenvalue weighted by Crippen LogP contribution is 2.31. The summed E-state index contributed by atoms with van der Waals surface area (Å²) in [6, 6.07) is 6.83. The van der Waals surface area contributed by atoms with E-state index >= 15 is 0 Å². The molecule has 0 saturated heterocycles. The first-order valence-corrected chi connectivity index (χ1v) is 7.58. The van der Waals surface area contributed by atoms with Gasteiger partial charge in [0.1, 0.15) is 5.75 Å². The second-order valence-electron chi connectivity index (χ2n) is 4.13. The molecule has 0 unspecified atom stereocenters. The lowest BCUT2D eigenvalue weighted by molar-refractivity contribution is 0.415. The Morgan fingerprint density at radius 1 is 1.29 bits per heavy atom. The highest BCUT2D eigenvalue weighted by molar-refractivity contribution is 7.89. The first-order chi connectivity index (χ1) is 9.82. The second-order valence-corrected chi connectivity index (χ2v) is 5.94. The number of nitrogens with zero attached hydrogens (tertiary/aromatic N) is 4. The Morgan fingerprint density at radius 3 is 2.57 bits per heavy atom. The average molecular weight is 310 g/mol. The van der Waals surface area contributed by atoms with Gasteiger partial charge in [0, 0.05) is 6.07 Å². The minimum Gasteiger partial charge on any atom is -0.497 e.